The van der Waals surface area contributed by atoms with Gasteiger partial charge in [-0.25, -0.2) is 4.79 Å². The Hall–Kier alpha value is -1.88. The molecule has 1 heterocycles. The average Bonchev–Trinajstić information content (AvgIpc) is 2.79. The first-order valence-corrected chi connectivity index (χ1v) is 6.94. The maximum Gasteiger partial charge on any atom is 0.335 e. The molecule has 3 rings (SSSR count). The van der Waals surface area contributed by atoms with Crippen molar-refractivity contribution in [3.63, 3.8) is 0 Å². The summed E-state index contributed by atoms with van der Waals surface area (Å²) in [7, 11) is 0. The fourth-order valence-corrected chi connectivity index (χ4v) is 2.98. The summed E-state index contributed by atoms with van der Waals surface area (Å²) in [6.45, 7) is 0.618. The SMILES string of the molecule is NC1(CC(=O)N2CCc3ccc(C(=O)O)cc32)CCC1. The molecule has 20 heavy (non-hydrogen) atoms. The third-order valence-corrected chi connectivity index (χ3v) is 4.38. The molecule has 5 heteroatoms. The first-order chi connectivity index (χ1) is 9.48. The van der Waals surface area contributed by atoms with Gasteiger partial charge in [-0.15, -0.1) is 0 Å². The van der Waals surface area contributed by atoms with Gasteiger partial charge in [-0.2, -0.15) is 0 Å². The molecular formula is C15H18N2O3. The van der Waals surface area contributed by atoms with Crippen LogP contribution in [-0.4, -0.2) is 29.1 Å². The lowest BCUT2D eigenvalue weighted by Gasteiger charge is -2.38. The lowest BCUT2D eigenvalue weighted by atomic mass is 9.75. The number of hydrogen-bond donors (Lipinski definition) is 2. The molecule has 1 fully saturated rings. The van der Waals surface area contributed by atoms with Crippen LogP contribution >= 0.6 is 0 Å². The second kappa shape index (κ2) is 4.59. The van der Waals surface area contributed by atoms with Gasteiger partial charge >= 0.3 is 5.97 Å². The number of aromatic carboxylic acids is 1. The monoisotopic (exact) mass is 274 g/mol. The van der Waals surface area contributed by atoms with Crippen molar-refractivity contribution in [2.45, 2.75) is 37.6 Å². The molecule has 0 bridgehead atoms. The van der Waals surface area contributed by atoms with Gasteiger partial charge in [0.2, 0.25) is 5.91 Å². The minimum atomic E-state index is -0.971. The average molecular weight is 274 g/mol. The fraction of sp³-hybridized carbons (Fsp3) is 0.467. The van der Waals surface area contributed by atoms with Crippen LogP contribution in [0, 0.1) is 0 Å². The van der Waals surface area contributed by atoms with Gasteiger partial charge in [0.15, 0.2) is 0 Å². The van der Waals surface area contributed by atoms with E-state index in [9.17, 15) is 9.59 Å². The van der Waals surface area contributed by atoms with E-state index < -0.39 is 5.97 Å². The molecule has 1 aromatic carbocycles. The highest BCUT2D eigenvalue weighted by atomic mass is 16.4. The van der Waals surface area contributed by atoms with Gasteiger partial charge in [-0.3, -0.25) is 4.79 Å². The van der Waals surface area contributed by atoms with Gasteiger partial charge in [0, 0.05) is 24.2 Å². The Morgan fingerprint density at radius 1 is 1.35 bits per heavy atom. The predicted octanol–water partition coefficient (Wildman–Crippen LogP) is 1.55. The Morgan fingerprint density at radius 2 is 2.10 bits per heavy atom. The first-order valence-electron chi connectivity index (χ1n) is 6.94. The molecule has 1 amide bonds. The summed E-state index contributed by atoms with van der Waals surface area (Å²) in [6.07, 6.45) is 4.01. The Bertz CT molecular complexity index is 578. The zero-order valence-electron chi connectivity index (χ0n) is 11.3. The molecule has 1 aromatic rings. The molecule has 0 spiro atoms. The molecule has 0 aromatic heterocycles. The standard InChI is InChI=1S/C15H18N2O3/c16-15(5-1-6-15)9-13(18)17-7-4-10-2-3-11(14(19)20)8-12(10)17/h2-3,8H,1,4-7,9,16H2,(H,19,20). The third kappa shape index (κ3) is 2.18. The molecular weight excluding hydrogens is 256 g/mol. The van der Waals surface area contributed by atoms with Crippen molar-refractivity contribution in [2.24, 2.45) is 5.73 Å². The van der Waals surface area contributed by atoms with Crippen molar-refractivity contribution in [3.05, 3.63) is 29.3 Å². The van der Waals surface area contributed by atoms with E-state index in [-0.39, 0.29) is 17.0 Å². The van der Waals surface area contributed by atoms with Gasteiger partial charge < -0.3 is 15.7 Å². The molecule has 0 saturated heterocycles. The summed E-state index contributed by atoms with van der Waals surface area (Å²) in [6, 6.07) is 4.98. The zero-order chi connectivity index (χ0) is 14.3. The van der Waals surface area contributed by atoms with E-state index in [0.29, 0.717) is 13.0 Å². The van der Waals surface area contributed by atoms with Crippen LogP contribution in [0.2, 0.25) is 0 Å². The Morgan fingerprint density at radius 3 is 2.70 bits per heavy atom. The lowest BCUT2D eigenvalue weighted by Crippen LogP contribution is -2.50. The number of fused-ring (bicyclic) bond motifs is 1. The maximum absolute atomic E-state index is 12.4. The summed E-state index contributed by atoms with van der Waals surface area (Å²) < 4.78 is 0. The van der Waals surface area contributed by atoms with E-state index in [0.717, 1.165) is 36.9 Å². The smallest absolute Gasteiger partial charge is 0.335 e. The number of carbonyl (C=O) groups is 2. The van der Waals surface area contributed by atoms with Gasteiger partial charge in [0.1, 0.15) is 0 Å². The highest BCUT2D eigenvalue weighted by Gasteiger charge is 2.37. The van der Waals surface area contributed by atoms with E-state index in [2.05, 4.69) is 0 Å². The zero-order valence-corrected chi connectivity index (χ0v) is 11.3. The quantitative estimate of drug-likeness (QED) is 0.875. The van der Waals surface area contributed by atoms with Crippen molar-refractivity contribution >= 4 is 17.6 Å². The summed E-state index contributed by atoms with van der Waals surface area (Å²) in [5.74, 6) is -0.963. The van der Waals surface area contributed by atoms with Crippen LogP contribution in [0.5, 0.6) is 0 Å². The van der Waals surface area contributed by atoms with E-state index in [1.54, 1.807) is 23.1 Å². The predicted molar refractivity (Wildman–Crippen MR) is 74.8 cm³/mol. The number of carboxylic acids is 1. The van der Waals surface area contributed by atoms with Gasteiger partial charge in [-0.05, 0) is 43.4 Å². The van der Waals surface area contributed by atoms with Crippen molar-refractivity contribution in [2.75, 3.05) is 11.4 Å². The highest BCUT2D eigenvalue weighted by Crippen LogP contribution is 2.35. The number of carboxylic acid groups (broad SMARTS) is 1. The van der Waals surface area contributed by atoms with Crippen molar-refractivity contribution in [3.8, 4) is 0 Å². The van der Waals surface area contributed by atoms with Crippen LogP contribution in [0.1, 0.15) is 41.6 Å². The minimum absolute atomic E-state index is 0.00786. The lowest BCUT2D eigenvalue weighted by molar-refractivity contribution is -0.120. The van der Waals surface area contributed by atoms with Crippen LogP contribution in [0.15, 0.2) is 18.2 Å². The molecule has 106 valence electrons. The van der Waals surface area contributed by atoms with Crippen LogP contribution < -0.4 is 10.6 Å². The number of hydrogen-bond acceptors (Lipinski definition) is 3. The topological polar surface area (TPSA) is 83.6 Å². The van der Waals surface area contributed by atoms with E-state index in [1.807, 2.05) is 0 Å². The molecule has 0 atom stereocenters. The molecule has 2 aliphatic rings. The molecule has 1 saturated carbocycles. The van der Waals surface area contributed by atoms with E-state index in [4.69, 9.17) is 10.8 Å². The molecule has 1 aliphatic carbocycles. The van der Waals surface area contributed by atoms with Crippen molar-refractivity contribution < 1.29 is 14.7 Å². The van der Waals surface area contributed by atoms with E-state index >= 15 is 0 Å². The number of nitrogens with zero attached hydrogens (tertiary/aromatic N) is 1. The Labute approximate surface area is 117 Å². The van der Waals surface area contributed by atoms with Crippen molar-refractivity contribution in [1.29, 1.82) is 0 Å². The number of carbonyl (C=O) groups excluding carboxylic acids is 1. The van der Waals surface area contributed by atoms with Gasteiger partial charge in [0.05, 0.1) is 5.56 Å². The van der Waals surface area contributed by atoms with E-state index in [1.165, 1.54) is 0 Å². The largest absolute Gasteiger partial charge is 0.478 e. The second-order valence-corrected chi connectivity index (χ2v) is 5.84. The van der Waals surface area contributed by atoms with Gasteiger partial charge in [-0.1, -0.05) is 6.07 Å². The van der Waals surface area contributed by atoms with Crippen LogP contribution in [0.4, 0.5) is 5.69 Å². The van der Waals surface area contributed by atoms with Crippen molar-refractivity contribution in [1.82, 2.24) is 0 Å². The summed E-state index contributed by atoms with van der Waals surface area (Å²) in [5.41, 5.74) is 7.77. The number of amides is 1. The Kier molecular flexibility index (Phi) is 3.01. The first kappa shape index (κ1) is 13.1. The molecule has 5 nitrogen and oxygen atoms in total. The number of rotatable bonds is 3. The number of anilines is 1. The second-order valence-electron chi connectivity index (χ2n) is 5.84. The van der Waals surface area contributed by atoms with Crippen LogP contribution in [0.25, 0.3) is 0 Å². The molecule has 3 N–H and O–H groups in total. The minimum Gasteiger partial charge on any atom is -0.478 e. The number of benzene rings is 1. The normalized spacial score (nSPS) is 19.4. The number of nitrogens with two attached hydrogens (primary N) is 1. The molecule has 0 unspecified atom stereocenters. The summed E-state index contributed by atoms with van der Waals surface area (Å²) >= 11 is 0. The van der Waals surface area contributed by atoms with Crippen LogP contribution in [0.3, 0.4) is 0 Å². The fourth-order valence-electron chi connectivity index (χ4n) is 2.98. The summed E-state index contributed by atoms with van der Waals surface area (Å²) in [4.78, 5) is 25.1. The van der Waals surface area contributed by atoms with Gasteiger partial charge in [0.25, 0.3) is 0 Å². The van der Waals surface area contributed by atoms with Crippen LogP contribution in [-0.2, 0) is 11.2 Å². The molecule has 1 aliphatic heterocycles. The highest BCUT2D eigenvalue weighted by molar-refractivity contribution is 5.98. The third-order valence-electron chi connectivity index (χ3n) is 4.38. The Balaban J connectivity index is 1.82. The molecule has 0 radical (unpaired) electrons. The summed E-state index contributed by atoms with van der Waals surface area (Å²) in [5, 5.41) is 9.05. The maximum atomic E-state index is 12.4.